The molecule has 0 aliphatic heterocycles. The van der Waals surface area contributed by atoms with Crippen molar-refractivity contribution < 1.29 is 13.9 Å². The Morgan fingerprint density at radius 2 is 2.50 bits per heavy atom. The van der Waals surface area contributed by atoms with Crippen LogP contribution in [0.4, 0.5) is 4.39 Å². The Morgan fingerprint density at radius 3 is 3.00 bits per heavy atom. The molecule has 0 fully saturated rings. The molecule has 76 valence electrons. The van der Waals surface area contributed by atoms with Crippen LogP contribution in [0.3, 0.4) is 0 Å². The zero-order valence-electron chi connectivity index (χ0n) is 7.90. The number of hydrogen-bond donors (Lipinski definition) is 0. The molecular formula is C8H10FN3O2. The first-order chi connectivity index (χ1) is 6.63. The van der Waals surface area contributed by atoms with Crippen LogP contribution in [0.2, 0.25) is 0 Å². The number of ether oxygens (including phenoxy) is 1. The van der Waals surface area contributed by atoms with Gasteiger partial charge in [0.15, 0.2) is 0 Å². The fourth-order valence-electron chi connectivity index (χ4n) is 0.820. The second-order valence-electron chi connectivity index (χ2n) is 2.53. The summed E-state index contributed by atoms with van der Waals surface area (Å²) in [6.45, 7) is 1.74. The summed E-state index contributed by atoms with van der Waals surface area (Å²) in [5.74, 6) is -1.97. The standard InChI is InChI=1S/C8H10FN3O2/c1-3-14-8(13)7(9)4-6-5-12(2)11-10-6/h4-5H,3H2,1-2H3/b7-4-. The number of halogens is 1. The highest BCUT2D eigenvalue weighted by Crippen LogP contribution is 2.06. The molecular weight excluding hydrogens is 189 g/mol. The van der Waals surface area contributed by atoms with Crippen molar-refractivity contribution in [1.82, 2.24) is 15.0 Å². The van der Waals surface area contributed by atoms with Crippen molar-refractivity contribution in [2.45, 2.75) is 6.92 Å². The summed E-state index contributed by atoms with van der Waals surface area (Å²) in [4.78, 5) is 10.8. The highest BCUT2D eigenvalue weighted by molar-refractivity contribution is 5.90. The summed E-state index contributed by atoms with van der Waals surface area (Å²) in [5.41, 5.74) is 0.276. The zero-order valence-corrected chi connectivity index (χ0v) is 7.90. The molecule has 0 radical (unpaired) electrons. The molecule has 14 heavy (non-hydrogen) atoms. The van der Waals surface area contributed by atoms with Gasteiger partial charge in [0.05, 0.1) is 12.8 Å². The van der Waals surface area contributed by atoms with Gasteiger partial charge in [-0.05, 0) is 6.92 Å². The van der Waals surface area contributed by atoms with Crippen molar-refractivity contribution in [3.63, 3.8) is 0 Å². The summed E-state index contributed by atoms with van der Waals surface area (Å²) >= 11 is 0. The number of rotatable bonds is 3. The average molecular weight is 199 g/mol. The molecule has 1 heterocycles. The first kappa shape index (κ1) is 10.4. The van der Waals surface area contributed by atoms with Gasteiger partial charge >= 0.3 is 5.97 Å². The van der Waals surface area contributed by atoms with Crippen molar-refractivity contribution in [3.8, 4) is 0 Å². The molecule has 0 N–H and O–H groups in total. The first-order valence-electron chi connectivity index (χ1n) is 4.04. The van der Waals surface area contributed by atoms with Crippen LogP contribution in [-0.4, -0.2) is 27.6 Å². The normalized spacial score (nSPS) is 11.5. The topological polar surface area (TPSA) is 57.0 Å². The van der Waals surface area contributed by atoms with Crippen LogP contribution in [0.15, 0.2) is 12.0 Å². The molecule has 6 heteroatoms. The van der Waals surface area contributed by atoms with E-state index in [0.29, 0.717) is 0 Å². The lowest BCUT2D eigenvalue weighted by Crippen LogP contribution is -2.03. The Balaban J connectivity index is 2.73. The maximum atomic E-state index is 13.0. The third-order valence-electron chi connectivity index (χ3n) is 1.37. The van der Waals surface area contributed by atoms with E-state index in [4.69, 9.17) is 0 Å². The Hall–Kier alpha value is -1.72. The Morgan fingerprint density at radius 1 is 1.79 bits per heavy atom. The van der Waals surface area contributed by atoms with E-state index in [2.05, 4.69) is 15.0 Å². The van der Waals surface area contributed by atoms with Gasteiger partial charge in [0.2, 0.25) is 5.83 Å². The SMILES string of the molecule is CCOC(=O)/C(F)=C/c1cn(C)nn1. The Labute approximate surface area is 80.2 Å². The van der Waals surface area contributed by atoms with Gasteiger partial charge in [-0.25, -0.2) is 4.79 Å². The maximum absolute atomic E-state index is 13.0. The molecule has 1 aromatic heterocycles. The van der Waals surface area contributed by atoms with Crippen LogP contribution in [0.25, 0.3) is 6.08 Å². The van der Waals surface area contributed by atoms with Crippen LogP contribution in [0.1, 0.15) is 12.6 Å². The number of aromatic nitrogens is 3. The Kier molecular flexibility index (Phi) is 3.33. The zero-order chi connectivity index (χ0) is 10.6. The number of hydrogen-bond acceptors (Lipinski definition) is 4. The molecule has 1 rings (SSSR count). The lowest BCUT2D eigenvalue weighted by Gasteiger charge is -1.96. The van der Waals surface area contributed by atoms with E-state index in [1.54, 1.807) is 14.0 Å². The van der Waals surface area contributed by atoms with Crippen LogP contribution in [0.5, 0.6) is 0 Å². The average Bonchev–Trinajstić information content (AvgIpc) is 2.51. The molecule has 0 unspecified atom stereocenters. The maximum Gasteiger partial charge on any atom is 0.367 e. The monoisotopic (exact) mass is 199 g/mol. The predicted molar refractivity (Wildman–Crippen MR) is 46.7 cm³/mol. The molecule has 0 saturated heterocycles. The molecule has 1 aromatic rings. The molecule has 0 saturated carbocycles. The summed E-state index contributed by atoms with van der Waals surface area (Å²) in [6.07, 6.45) is 2.46. The van der Waals surface area contributed by atoms with Gasteiger partial charge in [-0.1, -0.05) is 5.21 Å². The molecule has 0 bridgehead atoms. The fraction of sp³-hybridized carbons (Fsp3) is 0.375. The van der Waals surface area contributed by atoms with Crippen LogP contribution in [0, 0.1) is 0 Å². The minimum absolute atomic E-state index is 0.139. The summed E-state index contributed by atoms with van der Waals surface area (Å²) in [6, 6.07) is 0. The van der Waals surface area contributed by atoms with Crippen molar-refractivity contribution in [1.29, 1.82) is 0 Å². The van der Waals surface area contributed by atoms with E-state index in [1.807, 2.05) is 0 Å². The van der Waals surface area contributed by atoms with E-state index in [1.165, 1.54) is 10.9 Å². The number of carbonyl (C=O) groups excluding carboxylic acids is 1. The van der Waals surface area contributed by atoms with Crippen LogP contribution < -0.4 is 0 Å². The largest absolute Gasteiger partial charge is 0.461 e. The van der Waals surface area contributed by atoms with E-state index in [9.17, 15) is 9.18 Å². The van der Waals surface area contributed by atoms with Gasteiger partial charge in [0.1, 0.15) is 5.69 Å². The number of aryl methyl sites for hydroxylation is 1. The predicted octanol–water partition coefficient (Wildman–Crippen LogP) is 0.689. The Bertz CT molecular complexity index is 359. The smallest absolute Gasteiger partial charge is 0.367 e. The van der Waals surface area contributed by atoms with Gasteiger partial charge in [0.25, 0.3) is 0 Å². The first-order valence-corrected chi connectivity index (χ1v) is 4.04. The van der Waals surface area contributed by atoms with Gasteiger partial charge < -0.3 is 4.74 Å². The van der Waals surface area contributed by atoms with Crippen LogP contribution >= 0.6 is 0 Å². The van der Waals surface area contributed by atoms with E-state index in [0.717, 1.165) is 6.08 Å². The van der Waals surface area contributed by atoms with Crippen molar-refractivity contribution >= 4 is 12.0 Å². The second kappa shape index (κ2) is 4.50. The third-order valence-corrected chi connectivity index (χ3v) is 1.37. The van der Waals surface area contributed by atoms with Crippen molar-refractivity contribution in [2.75, 3.05) is 6.61 Å². The molecule has 0 aliphatic carbocycles. The molecule has 0 atom stereocenters. The molecule has 0 spiro atoms. The van der Waals surface area contributed by atoms with E-state index < -0.39 is 11.8 Å². The van der Waals surface area contributed by atoms with Gasteiger partial charge in [-0.2, -0.15) is 4.39 Å². The fourth-order valence-corrected chi connectivity index (χ4v) is 0.820. The molecule has 5 nitrogen and oxygen atoms in total. The number of carbonyl (C=O) groups is 1. The molecule has 0 aromatic carbocycles. The number of nitrogens with zero attached hydrogens (tertiary/aromatic N) is 3. The molecule has 0 aliphatic rings. The summed E-state index contributed by atoms with van der Waals surface area (Å²) in [7, 11) is 1.65. The summed E-state index contributed by atoms with van der Waals surface area (Å²) < 4.78 is 18.8. The third kappa shape index (κ3) is 2.65. The minimum Gasteiger partial charge on any atom is -0.461 e. The minimum atomic E-state index is -0.988. The van der Waals surface area contributed by atoms with Crippen LogP contribution in [-0.2, 0) is 16.6 Å². The van der Waals surface area contributed by atoms with Gasteiger partial charge in [0, 0.05) is 13.1 Å². The lowest BCUT2D eigenvalue weighted by molar-refractivity contribution is -0.140. The van der Waals surface area contributed by atoms with E-state index >= 15 is 0 Å². The quantitative estimate of drug-likeness (QED) is 0.530. The highest BCUT2D eigenvalue weighted by Gasteiger charge is 2.10. The molecule has 0 amide bonds. The lowest BCUT2D eigenvalue weighted by atomic mass is 10.4. The van der Waals surface area contributed by atoms with Gasteiger partial charge in [-0.3, -0.25) is 4.68 Å². The second-order valence-corrected chi connectivity index (χ2v) is 2.53. The van der Waals surface area contributed by atoms with Crippen molar-refractivity contribution in [3.05, 3.63) is 17.7 Å². The van der Waals surface area contributed by atoms with E-state index in [-0.39, 0.29) is 12.3 Å². The van der Waals surface area contributed by atoms with Crippen molar-refractivity contribution in [2.24, 2.45) is 7.05 Å². The highest BCUT2D eigenvalue weighted by atomic mass is 19.1. The van der Waals surface area contributed by atoms with Gasteiger partial charge in [-0.15, -0.1) is 5.10 Å². The number of esters is 1. The summed E-state index contributed by atoms with van der Waals surface area (Å²) in [5, 5.41) is 7.17.